The van der Waals surface area contributed by atoms with Gasteiger partial charge in [0.2, 0.25) is 5.91 Å². The zero-order chi connectivity index (χ0) is 12.9. The lowest BCUT2D eigenvalue weighted by Crippen LogP contribution is -2.52. The fourth-order valence-corrected chi connectivity index (χ4v) is 4.79. The largest absolute Gasteiger partial charge is 0.356 e. The number of hydrogen-bond donors (Lipinski definition) is 2. The number of amides is 1. The smallest absolute Gasteiger partial charge is 0.220 e. The summed E-state index contributed by atoms with van der Waals surface area (Å²) in [7, 11) is 0. The first kappa shape index (κ1) is 12.2. The van der Waals surface area contributed by atoms with E-state index in [0.717, 1.165) is 31.1 Å². The van der Waals surface area contributed by atoms with E-state index in [1.54, 1.807) is 0 Å². The second-order valence-electron chi connectivity index (χ2n) is 7.25. The van der Waals surface area contributed by atoms with Crippen molar-refractivity contribution in [2.75, 3.05) is 19.6 Å². The van der Waals surface area contributed by atoms with Crippen molar-refractivity contribution in [1.29, 1.82) is 0 Å². The van der Waals surface area contributed by atoms with Crippen molar-refractivity contribution in [1.82, 2.24) is 15.5 Å². The molecule has 4 aliphatic heterocycles. The Balaban J connectivity index is 1.37. The quantitative estimate of drug-likeness (QED) is 0.738. The molecule has 106 valence electrons. The Morgan fingerprint density at radius 3 is 2.37 bits per heavy atom. The number of piperidine rings is 2. The molecule has 4 heterocycles. The van der Waals surface area contributed by atoms with Crippen LogP contribution in [0.2, 0.25) is 0 Å². The Morgan fingerprint density at radius 2 is 1.79 bits per heavy atom. The van der Waals surface area contributed by atoms with Crippen molar-refractivity contribution in [3.63, 3.8) is 0 Å². The van der Waals surface area contributed by atoms with Crippen LogP contribution < -0.4 is 10.6 Å². The minimum Gasteiger partial charge on any atom is -0.356 e. The molecule has 4 nitrogen and oxygen atoms in total. The third kappa shape index (κ3) is 2.19. The van der Waals surface area contributed by atoms with Gasteiger partial charge in [-0.05, 0) is 57.0 Å². The highest BCUT2D eigenvalue weighted by Gasteiger charge is 2.43. The van der Waals surface area contributed by atoms with Crippen LogP contribution >= 0.6 is 0 Å². The fraction of sp³-hybridized carbons (Fsp3) is 0.933. The standard InChI is InChI=1S/C15H25N3O/c19-14-9-15(10-16-14)3-5-18(6-4-15)13-7-11-1-2-12(8-13)17-11/h11-13,17H,1-10H2,(H,16,19). The molecule has 4 saturated heterocycles. The Labute approximate surface area is 115 Å². The van der Waals surface area contributed by atoms with Gasteiger partial charge in [-0.1, -0.05) is 0 Å². The number of nitrogens with zero attached hydrogens (tertiary/aromatic N) is 1. The van der Waals surface area contributed by atoms with Gasteiger partial charge < -0.3 is 15.5 Å². The van der Waals surface area contributed by atoms with Crippen LogP contribution in [0.15, 0.2) is 0 Å². The molecule has 0 radical (unpaired) electrons. The number of carbonyl (C=O) groups excluding carboxylic acids is 1. The van der Waals surface area contributed by atoms with E-state index in [4.69, 9.17) is 0 Å². The summed E-state index contributed by atoms with van der Waals surface area (Å²) < 4.78 is 0. The molecule has 0 aromatic carbocycles. The van der Waals surface area contributed by atoms with Crippen molar-refractivity contribution < 1.29 is 4.79 Å². The first-order valence-electron chi connectivity index (χ1n) is 7.99. The van der Waals surface area contributed by atoms with Crippen LogP contribution in [0.1, 0.15) is 44.9 Å². The maximum absolute atomic E-state index is 11.5. The van der Waals surface area contributed by atoms with Gasteiger partial charge in [0.15, 0.2) is 0 Å². The summed E-state index contributed by atoms with van der Waals surface area (Å²) in [4.78, 5) is 14.2. The van der Waals surface area contributed by atoms with E-state index in [-0.39, 0.29) is 5.91 Å². The van der Waals surface area contributed by atoms with Gasteiger partial charge in [0, 0.05) is 31.1 Å². The van der Waals surface area contributed by atoms with Crippen molar-refractivity contribution in [2.45, 2.75) is 63.1 Å². The number of carbonyl (C=O) groups is 1. The normalized spacial score (nSPS) is 41.7. The molecular weight excluding hydrogens is 238 g/mol. The van der Waals surface area contributed by atoms with Crippen LogP contribution in [0.25, 0.3) is 0 Å². The molecule has 0 saturated carbocycles. The maximum Gasteiger partial charge on any atom is 0.220 e. The Bertz CT molecular complexity index is 364. The third-order valence-electron chi connectivity index (χ3n) is 6.02. The topological polar surface area (TPSA) is 44.4 Å². The number of nitrogens with one attached hydrogen (secondary N) is 2. The molecule has 1 spiro atoms. The van der Waals surface area contributed by atoms with Crippen molar-refractivity contribution in [3.8, 4) is 0 Å². The molecule has 2 unspecified atom stereocenters. The van der Waals surface area contributed by atoms with Crippen molar-refractivity contribution in [3.05, 3.63) is 0 Å². The lowest BCUT2D eigenvalue weighted by Gasteiger charge is -2.44. The van der Waals surface area contributed by atoms with Gasteiger partial charge in [0.1, 0.15) is 0 Å². The molecule has 0 aromatic rings. The average Bonchev–Trinajstić information content (AvgIpc) is 2.94. The monoisotopic (exact) mass is 263 g/mol. The molecule has 4 heteroatoms. The van der Waals surface area contributed by atoms with Crippen LogP contribution in [0.4, 0.5) is 0 Å². The van der Waals surface area contributed by atoms with Crippen LogP contribution in [-0.4, -0.2) is 48.6 Å². The first-order chi connectivity index (χ1) is 9.22. The Hall–Kier alpha value is -0.610. The van der Waals surface area contributed by atoms with E-state index >= 15 is 0 Å². The summed E-state index contributed by atoms with van der Waals surface area (Å²) in [6.07, 6.45) is 8.67. The lowest BCUT2D eigenvalue weighted by atomic mass is 9.77. The summed E-state index contributed by atoms with van der Waals surface area (Å²) in [6.45, 7) is 3.34. The van der Waals surface area contributed by atoms with Gasteiger partial charge in [-0.15, -0.1) is 0 Å². The van der Waals surface area contributed by atoms with E-state index in [0.29, 0.717) is 5.41 Å². The molecule has 4 rings (SSSR count). The predicted molar refractivity (Wildman–Crippen MR) is 73.8 cm³/mol. The molecule has 0 aliphatic carbocycles. The van der Waals surface area contributed by atoms with E-state index in [1.165, 1.54) is 51.6 Å². The Morgan fingerprint density at radius 1 is 1.11 bits per heavy atom. The number of likely N-dealkylation sites (tertiary alicyclic amines) is 1. The van der Waals surface area contributed by atoms with Crippen LogP contribution in [0, 0.1) is 5.41 Å². The summed E-state index contributed by atoms with van der Waals surface area (Å²) >= 11 is 0. The third-order valence-corrected chi connectivity index (χ3v) is 6.02. The molecular formula is C15H25N3O. The predicted octanol–water partition coefficient (Wildman–Crippen LogP) is 0.872. The van der Waals surface area contributed by atoms with E-state index in [2.05, 4.69) is 15.5 Å². The van der Waals surface area contributed by atoms with Gasteiger partial charge in [-0.2, -0.15) is 0 Å². The van der Waals surface area contributed by atoms with Gasteiger partial charge >= 0.3 is 0 Å². The van der Waals surface area contributed by atoms with E-state index < -0.39 is 0 Å². The zero-order valence-corrected chi connectivity index (χ0v) is 11.7. The highest BCUT2D eigenvalue weighted by atomic mass is 16.1. The summed E-state index contributed by atoms with van der Waals surface area (Å²) in [5.41, 5.74) is 0.305. The zero-order valence-electron chi connectivity index (χ0n) is 11.7. The van der Waals surface area contributed by atoms with Crippen molar-refractivity contribution >= 4 is 5.91 Å². The minimum absolute atomic E-state index is 0.272. The molecule has 4 fully saturated rings. The molecule has 19 heavy (non-hydrogen) atoms. The maximum atomic E-state index is 11.5. The minimum atomic E-state index is 0.272. The van der Waals surface area contributed by atoms with Gasteiger partial charge in [0.25, 0.3) is 0 Å². The number of rotatable bonds is 1. The highest BCUT2D eigenvalue weighted by Crippen LogP contribution is 2.39. The molecule has 2 N–H and O–H groups in total. The van der Waals surface area contributed by atoms with Crippen LogP contribution in [0.5, 0.6) is 0 Å². The summed E-state index contributed by atoms with van der Waals surface area (Å²) in [5, 5.41) is 6.76. The average molecular weight is 263 g/mol. The van der Waals surface area contributed by atoms with Gasteiger partial charge in [0.05, 0.1) is 0 Å². The molecule has 0 aromatic heterocycles. The molecule has 2 atom stereocenters. The Kier molecular flexibility index (Phi) is 2.85. The van der Waals surface area contributed by atoms with Crippen LogP contribution in [0.3, 0.4) is 0 Å². The first-order valence-corrected chi connectivity index (χ1v) is 7.99. The van der Waals surface area contributed by atoms with Gasteiger partial charge in [-0.25, -0.2) is 0 Å². The SMILES string of the molecule is O=C1CC2(CCN(C3CC4CCC(C3)N4)CC2)CN1. The van der Waals surface area contributed by atoms with Crippen LogP contribution in [-0.2, 0) is 4.79 Å². The second kappa shape index (κ2) is 4.45. The fourth-order valence-electron chi connectivity index (χ4n) is 4.79. The highest BCUT2D eigenvalue weighted by molar-refractivity contribution is 5.79. The van der Waals surface area contributed by atoms with Crippen molar-refractivity contribution in [2.24, 2.45) is 5.41 Å². The van der Waals surface area contributed by atoms with E-state index in [9.17, 15) is 4.79 Å². The summed E-state index contributed by atoms with van der Waals surface area (Å²) in [5.74, 6) is 0.272. The lowest BCUT2D eigenvalue weighted by molar-refractivity contribution is -0.119. The summed E-state index contributed by atoms with van der Waals surface area (Å²) in [6, 6.07) is 2.38. The second-order valence-corrected chi connectivity index (χ2v) is 7.25. The molecule has 1 amide bonds. The molecule has 2 bridgehead atoms. The van der Waals surface area contributed by atoms with Gasteiger partial charge in [-0.3, -0.25) is 4.79 Å². The molecule has 4 aliphatic rings. The van der Waals surface area contributed by atoms with E-state index in [1.807, 2.05) is 0 Å². The number of fused-ring (bicyclic) bond motifs is 2. The number of hydrogen-bond acceptors (Lipinski definition) is 3.